The van der Waals surface area contributed by atoms with Gasteiger partial charge in [0, 0.05) is 56.4 Å². The number of benzene rings is 4. The molecule has 0 aromatic heterocycles. The lowest BCUT2D eigenvalue weighted by Gasteiger charge is -2.48. The summed E-state index contributed by atoms with van der Waals surface area (Å²) in [4.78, 5) is 49.3. The number of halogens is 4. The fourth-order valence-corrected chi connectivity index (χ4v) is 13.9. The highest BCUT2D eigenvalue weighted by molar-refractivity contribution is 7.93. The van der Waals surface area contributed by atoms with Gasteiger partial charge in [0.15, 0.2) is 19.7 Å². The monoisotopic (exact) mass is 1180 g/mol. The third-order valence-corrected chi connectivity index (χ3v) is 21.6. The van der Waals surface area contributed by atoms with Crippen LogP contribution in [0.3, 0.4) is 0 Å². The molecule has 4 heterocycles. The van der Waals surface area contributed by atoms with Crippen molar-refractivity contribution in [3.05, 3.63) is 139 Å². The number of amides is 2. The number of carbonyl (C=O) groups is 2. The molecule has 4 aliphatic heterocycles. The Morgan fingerprint density at radius 3 is 1.18 bits per heavy atom. The first kappa shape index (κ1) is 58.1. The first-order chi connectivity index (χ1) is 36.9. The fourth-order valence-electron chi connectivity index (χ4n) is 10.5. The minimum absolute atomic E-state index is 0.0896. The van der Waals surface area contributed by atoms with Gasteiger partial charge in [0.1, 0.15) is 37.1 Å². The molecule has 14 nitrogen and oxygen atoms in total. The predicted molar refractivity (Wildman–Crippen MR) is 311 cm³/mol. The molecule has 0 N–H and O–H groups in total. The standard InChI is InChI=1S/2C29H33Cl2N3O4S/c2*1-29(2,3)39(36,37)16-24(18-7-8-18)34-26(19-9-11-21(30)12-10-19)27(20-5-4-6-22(31)13-20)38-25(28(34)35)14-23-15-32-17-33-23/h2*4-6,9-13,17-18,24-27H,7-8,14-16H2,1-3H3/t24-,25+,26-,27-;24-,25-,26-,27-/m11/s1. The molecule has 4 fully saturated rings. The van der Waals surface area contributed by atoms with Crippen molar-refractivity contribution in [2.45, 2.75) is 138 Å². The molecular formula is C58H66Cl4N6O8S2. The maximum absolute atomic E-state index is 14.4. The van der Waals surface area contributed by atoms with Crippen LogP contribution >= 0.6 is 46.4 Å². The Hall–Kier alpha value is -4.52. The van der Waals surface area contributed by atoms with E-state index >= 15 is 0 Å². The van der Waals surface area contributed by atoms with E-state index in [0.29, 0.717) is 33.2 Å². The second-order valence-electron chi connectivity index (χ2n) is 23.0. The lowest BCUT2D eigenvalue weighted by molar-refractivity contribution is -0.178. The Labute approximate surface area is 478 Å². The number of nitrogens with zero attached hydrogens (tertiary/aromatic N) is 6. The minimum Gasteiger partial charge on any atom is -0.358 e. The molecule has 6 aliphatic rings. The van der Waals surface area contributed by atoms with Gasteiger partial charge in [-0.3, -0.25) is 19.6 Å². The van der Waals surface area contributed by atoms with Gasteiger partial charge in [-0.15, -0.1) is 0 Å². The molecule has 0 radical (unpaired) electrons. The minimum atomic E-state index is -3.54. The molecule has 78 heavy (non-hydrogen) atoms. The molecule has 20 heteroatoms. The van der Waals surface area contributed by atoms with Crippen molar-refractivity contribution in [3.63, 3.8) is 0 Å². The molecule has 2 saturated carbocycles. The average molecular weight is 1180 g/mol. The van der Waals surface area contributed by atoms with Crippen molar-refractivity contribution < 1.29 is 35.9 Å². The normalized spacial score (nSPS) is 24.6. The van der Waals surface area contributed by atoms with Gasteiger partial charge in [0.05, 0.1) is 46.2 Å². The summed E-state index contributed by atoms with van der Waals surface area (Å²) in [5, 5.41) is 2.24. The van der Waals surface area contributed by atoms with Crippen LogP contribution in [0.25, 0.3) is 0 Å². The predicted octanol–water partition coefficient (Wildman–Crippen LogP) is 11.7. The van der Waals surface area contributed by atoms with Crippen LogP contribution < -0.4 is 0 Å². The molecule has 0 spiro atoms. The van der Waals surface area contributed by atoms with Crippen molar-refractivity contribution >= 4 is 102 Å². The fraction of sp³-hybridized carbons (Fsp3) is 0.483. The topological polar surface area (TPSA) is 177 Å². The number of hydrogen-bond donors (Lipinski definition) is 0. The van der Waals surface area contributed by atoms with Gasteiger partial charge in [-0.1, -0.05) is 94.9 Å². The van der Waals surface area contributed by atoms with Crippen LogP contribution in [0.15, 0.2) is 117 Å². The van der Waals surface area contributed by atoms with E-state index in [0.717, 1.165) is 59.4 Å². The zero-order valence-corrected chi connectivity index (χ0v) is 49.2. The maximum Gasteiger partial charge on any atom is 0.253 e. The van der Waals surface area contributed by atoms with E-state index in [1.165, 1.54) is 12.7 Å². The van der Waals surface area contributed by atoms with Gasteiger partial charge in [-0.2, -0.15) is 0 Å². The van der Waals surface area contributed by atoms with Crippen LogP contribution in [0.4, 0.5) is 0 Å². The number of hydrogen-bond acceptors (Lipinski definition) is 12. The summed E-state index contributed by atoms with van der Waals surface area (Å²) in [5.41, 5.74) is 4.76. The maximum atomic E-state index is 14.4. The summed E-state index contributed by atoms with van der Waals surface area (Å²) >= 11 is 25.3. The Kier molecular flexibility index (Phi) is 17.5. The highest BCUT2D eigenvalue weighted by Crippen LogP contribution is 2.51. The largest absolute Gasteiger partial charge is 0.358 e. The van der Waals surface area contributed by atoms with E-state index in [9.17, 15) is 26.4 Å². The molecule has 4 aromatic carbocycles. The Balaban J connectivity index is 0.000000190. The second-order valence-corrected chi connectivity index (χ2v) is 30.3. The highest BCUT2D eigenvalue weighted by atomic mass is 35.5. The molecule has 0 bridgehead atoms. The number of ether oxygens (including phenoxy) is 2. The van der Waals surface area contributed by atoms with Gasteiger partial charge < -0.3 is 19.3 Å². The summed E-state index contributed by atoms with van der Waals surface area (Å²) in [6.45, 7) is 11.1. The van der Waals surface area contributed by atoms with Crippen LogP contribution in [0.5, 0.6) is 0 Å². The lowest BCUT2D eigenvalue weighted by atomic mass is 9.89. The average Bonchev–Trinajstić information content (AvgIpc) is 4.45. The van der Waals surface area contributed by atoms with E-state index in [1.807, 2.05) is 60.7 Å². The van der Waals surface area contributed by atoms with Crippen molar-refractivity contribution in [3.8, 4) is 0 Å². The van der Waals surface area contributed by atoms with Gasteiger partial charge in [-0.05, 0) is 150 Å². The molecule has 416 valence electrons. The summed E-state index contributed by atoms with van der Waals surface area (Å²) in [5.74, 6) is -0.516. The van der Waals surface area contributed by atoms with Crippen LogP contribution in [-0.2, 0) is 38.7 Å². The molecular weight excluding hydrogens is 1110 g/mol. The highest BCUT2D eigenvalue weighted by Gasteiger charge is 2.54. The summed E-state index contributed by atoms with van der Waals surface area (Å²) in [7, 11) is -7.07. The van der Waals surface area contributed by atoms with E-state index in [4.69, 9.17) is 55.9 Å². The van der Waals surface area contributed by atoms with Crippen molar-refractivity contribution in [2.24, 2.45) is 31.8 Å². The Bertz CT molecular complexity index is 3010. The Morgan fingerprint density at radius 1 is 0.526 bits per heavy atom. The number of sulfone groups is 2. The van der Waals surface area contributed by atoms with Crippen molar-refractivity contribution in [1.29, 1.82) is 0 Å². The number of carbonyl (C=O) groups excluding carboxylic acids is 2. The molecule has 2 amide bonds. The van der Waals surface area contributed by atoms with Gasteiger partial charge in [0.2, 0.25) is 0 Å². The molecule has 0 unspecified atom stereocenters. The van der Waals surface area contributed by atoms with E-state index < -0.39 is 77.8 Å². The third-order valence-electron chi connectivity index (χ3n) is 15.4. The van der Waals surface area contributed by atoms with Gasteiger partial charge in [-0.25, -0.2) is 26.8 Å². The van der Waals surface area contributed by atoms with E-state index in [-0.39, 0.29) is 48.0 Å². The second kappa shape index (κ2) is 23.5. The molecule has 2 saturated heterocycles. The van der Waals surface area contributed by atoms with Crippen LogP contribution in [0, 0.1) is 11.8 Å². The zero-order chi connectivity index (χ0) is 55.9. The first-order valence-corrected chi connectivity index (χ1v) is 31.2. The molecule has 8 atom stereocenters. The van der Waals surface area contributed by atoms with Crippen LogP contribution in [0.1, 0.15) is 127 Å². The van der Waals surface area contributed by atoms with E-state index in [1.54, 1.807) is 87.7 Å². The molecule has 2 aliphatic carbocycles. The number of morpholine rings is 2. The number of aliphatic imine (C=N–C) groups is 4. The SMILES string of the molecule is CC(C)(C)S(=O)(=O)C[C@H](C1CC1)N1C(=O)[C@@H](CC2=NC=NC2)O[C@H](c2cccc(Cl)c2)[C@H]1c1ccc(Cl)cc1.CC(C)(C)S(=O)(=O)C[C@H](C1CC1)N1C(=O)[C@H](CC2=NC=NC2)O[C@H](c2cccc(Cl)c2)[C@H]1c1ccc(Cl)cc1. The number of rotatable bonds is 16. The van der Waals surface area contributed by atoms with E-state index in [2.05, 4.69) is 20.0 Å². The van der Waals surface area contributed by atoms with Crippen molar-refractivity contribution in [1.82, 2.24) is 9.80 Å². The lowest BCUT2D eigenvalue weighted by Crippen LogP contribution is -2.58. The van der Waals surface area contributed by atoms with Crippen LogP contribution in [0.2, 0.25) is 20.1 Å². The van der Waals surface area contributed by atoms with Gasteiger partial charge >= 0.3 is 0 Å². The van der Waals surface area contributed by atoms with Crippen molar-refractivity contribution in [2.75, 3.05) is 24.6 Å². The molecule has 4 aromatic rings. The van der Waals surface area contributed by atoms with Crippen LogP contribution in [-0.4, -0.2) is 121 Å². The Morgan fingerprint density at radius 2 is 0.885 bits per heavy atom. The summed E-state index contributed by atoms with van der Waals surface area (Å²) in [6.07, 6.45) is 4.18. The quantitative estimate of drug-likeness (QED) is 0.106. The third kappa shape index (κ3) is 13.3. The summed E-state index contributed by atoms with van der Waals surface area (Å²) in [6, 6.07) is 27.3. The molecule has 10 rings (SSSR count). The zero-order valence-electron chi connectivity index (χ0n) is 44.5. The summed E-state index contributed by atoms with van der Waals surface area (Å²) < 4.78 is 65.5. The smallest absolute Gasteiger partial charge is 0.253 e. The van der Waals surface area contributed by atoms with Gasteiger partial charge in [0.25, 0.3) is 11.8 Å². The first-order valence-electron chi connectivity index (χ1n) is 26.4.